The van der Waals surface area contributed by atoms with Gasteiger partial charge in [0.1, 0.15) is 5.75 Å². The van der Waals surface area contributed by atoms with Crippen molar-refractivity contribution < 1.29 is 19.1 Å². The van der Waals surface area contributed by atoms with E-state index >= 15 is 0 Å². The van der Waals surface area contributed by atoms with Gasteiger partial charge in [0.2, 0.25) is 5.91 Å². The topological polar surface area (TPSA) is 55.8 Å². The first-order chi connectivity index (χ1) is 14.3. The minimum absolute atomic E-state index is 0.00956. The van der Waals surface area contributed by atoms with Crippen LogP contribution in [0.5, 0.6) is 5.75 Å². The van der Waals surface area contributed by atoms with E-state index in [0.29, 0.717) is 23.6 Å². The Kier molecular flexibility index (Phi) is 6.60. The number of allylic oxidation sites excluding steroid dienone is 1. The summed E-state index contributed by atoms with van der Waals surface area (Å²) in [4.78, 5) is 27.9. The number of hydrogen-bond acceptors (Lipinski definition) is 4. The fraction of sp³-hybridized carbons (Fsp3) is 0.360. The van der Waals surface area contributed by atoms with Gasteiger partial charge in [0.05, 0.1) is 25.3 Å². The second-order valence-corrected chi connectivity index (χ2v) is 7.89. The van der Waals surface area contributed by atoms with Crippen molar-refractivity contribution in [3.8, 4) is 5.75 Å². The van der Waals surface area contributed by atoms with Crippen LogP contribution in [-0.2, 0) is 20.9 Å². The first kappa shape index (κ1) is 21.6. The highest BCUT2D eigenvalue weighted by molar-refractivity contribution is 5.96. The minimum Gasteiger partial charge on any atom is -0.497 e. The predicted octanol–water partition coefficient (Wildman–Crippen LogP) is 4.75. The lowest BCUT2D eigenvalue weighted by Crippen LogP contribution is -2.38. The van der Waals surface area contributed by atoms with Gasteiger partial charge < -0.3 is 14.4 Å². The Morgan fingerprint density at radius 2 is 1.87 bits per heavy atom. The summed E-state index contributed by atoms with van der Waals surface area (Å²) in [5.41, 5.74) is 4.22. The van der Waals surface area contributed by atoms with Gasteiger partial charge in [-0.25, -0.2) is 4.79 Å². The van der Waals surface area contributed by atoms with Gasteiger partial charge in [-0.05, 0) is 56.5 Å². The Hall–Kier alpha value is -3.08. The molecule has 0 saturated heterocycles. The molecule has 1 aliphatic heterocycles. The van der Waals surface area contributed by atoms with Crippen LogP contribution in [0.2, 0.25) is 0 Å². The highest BCUT2D eigenvalue weighted by Crippen LogP contribution is 2.39. The largest absolute Gasteiger partial charge is 0.497 e. The molecule has 2 aromatic rings. The molecule has 0 N–H and O–H groups in total. The summed E-state index contributed by atoms with van der Waals surface area (Å²) in [6.45, 7) is 7.94. The number of amides is 1. The molecule has 0 aromatic heterocycles. The molecule has 5 nitrogen and oxygen atoms in total. The van der Waals surface area contributed by atoms with Crippen molar-refractivity contribution in [2.24, 2.45) is 0 Å². The zero-order valence-corrected chi connectivity index (χ0v) is 18.3. The predicted molar refractivity (Wildman–Crippen MR) is 116 cm³/mol. The number of methoxy groups -OCH3 is 1. The average molecular weight is 408 g/mol. The molecule has 2 aromatic carbocycles. The molecule has 0 radical (unpaired) electrons. The Bertz CT molecular complexity index is 977. The molecular formula is C25H29NO4. The molecule has 0 bridgehead atoms. The Morgan fingerprint density at radius 3 is 2.53 bits per heavy atom. The van der Waals surface area contributed by atoms with E-state index in [-0.39, 0.29) is 30.3 Å². The number of rotatable bonds is 6. The van der Waals surface area contributed by atoms with Gasteiger partial charge in [-0.15, -0.1) is 0 Å². The van der Waals surface area contributed by atoms with Crippen LogP contribution in [0, 0.1) is 6.92 Å². The number of nitrogens with zero attached hydrogens (tertiary/aromatic N) is 1. The number of ether oxygens (including phenoxy) is 2. The van der Waals surface area contributed by atoms with Crippen LogP contribution in [0.3, 0.4) is 0 Å². The summed E-state index contributed by atoms with van der Waals surface area (Å²) in [6, 6.07) is 15.5. The summed E-state index contributed by atoms with van der Waals surface area (Å²) >= 11 is 0. The lowest BCUT2D eigenvalue weighted by Gasteiger charge is -2.35. The lowest BCUT2D eigenvalue weighted by atomic mass is 9.83. The number of hydrogen-bond donors (Lipinski definition) is 0. The van der Waals surface area contributed by atoms with Crippen molar-refractivity contribution in [2.45, 2.75) is 52.7 Å². The Labute approximate surface area is 178 Å². The average Bonchev–Trinajstić information content (AvgIpc) is 2.71. The van der Waals surface area contributed by atoms with Crippen LogP contribution in [0.1, 0.15) is 49.8 Å². The van der Waals surface area contributed by atoms with Gasteiger partial charge in [0.25, 0.3) is 0 Å². The maximum atomic E-state index is 13.2. The third-order valence-corrected chi connectivity index (χ3v) is 5.47. The Balaban J connectivity index is 2.06. The van der Waals surface area contributed by atoms with E-state index in [1.54, 1.807) is 12.0 Å². The molecule has 30 heavy (non-hydrogen) atoms. The maximum absolute atomic E-state index is 13.2. The highest BCUT2D eigenvalue weighted by atomic mass is 16.5. The number of carbonyl (C=O) groups is 2. The zero-order valence-electron chi connectivity index (χ0n) is 18.3. The van der Waals surface area contributed by atoms with Crippen molar-refractivity contribution in [1.82, 2.24) is 4.90 Å². The van der Waals surface area contributed by atoms with Gasteiger partial charge in [-0.1, -0.05) is 36.4 Å². The van der Waals surface area contributed by atoms with E-state index < -0.39 is 0 Å². The second-order valence-electron chi connectivity index (χ2n) is 7.89. The summed E-state index contributed by atoms with van der Waals surface area (Å²) in [5, 5.41) is 0. The van der Waals surface area contributed by atoms with Crippen molar-refractivity contribution in [2.75, 3.05) is 7.11 Å². The van der Waals surface area contributed by atoms with Crippen molar-refractivity contribution in [3.05, 3.63) is 76.5 Å². The molecule has 0 aliphatic carbocycles. The van der Waals surface area contributed by atoms with Crippen LogP contribution in [0.25, 0.3) is 0 Å². The molecule has 1 amide bonds. The fourth-order valence-electron chi connectivity index (χ4n) is 3.85. The second kappa shape index (κ2) is 9.16. The van der Waals surface area contributed by atoms with Crippen molar-refractivity contribution in [3.63, 3.8) is 0 Å². The summed E-state index contributed by atoms with van der Waals surface area (Å²) in [7, 11) is 1.60. The molecule has 1 aliphatic rings. The first-order valence-corrected chi connectivity index (χ1v) is 10.2. The molecule has 0 fully saturated rings. The third kappa shape index (κ3) is 4.56. The number of carbonyl (C=O) groups excluding carboxylic acids is 2. The first-order valence-electron chi connectivity index (χ1n) is 10.2. The molecule has 3 rings (SSSR count). The molecule has 1 atom stereocenters. The standard InChI is InChI=1S/C25H29NO4/c1-16(2)30-25(28)24-18(4)26(15-20-10-7-6-9-17(20)3)23(27)14-22(24)19-11-8-12-21(13-19)29-5/h6-13,16,22H,14-15H2,1-5H3/t22-/m1/s1. The smallest absolute Gasteiger partial charge is 0.336 e. The van der Waals surface area contributed by atoms with Gasteiger partial charge in [0.15, 0.2) is 0 Å². The lowest BCUT2D eigenvalue weighted by molar-refractivity contribution is -0.143. The summed E-state index contributed by atoms with van der Waals surface area (Å²) in [6.07, 6.45) is -0.0370. The molecule has 0 saturated carbocycles. The van der Waals surface area contributed by atoms with E-state index in [1.165, 1.54) is 0 Å². The zero-order chi connectivity index (χ0) is 21.8. The van der Waals surface area contributed by atoms with Crippen molar-refractivity contribution >= 4 is 11.9 Å². The van der Waals surface area contributed by atoms with Gasteiger partial charge in [0, 0.05) is 18.0 Å². The van der Waals surface area contributed by atoms with Gasteiger partial charge >= 0.3 is 5.97 Å². The van der Waals surface area contributed by atoms with E-state index in [9.17, 15) is 9.59 Å². The molecule has 158 valence electrons. The van der Waals surface area contributed by atoms with E-state index in [1.807, 2.05) is 76.2 Å². The third-order valence-electron chi connectivity index (χ3n) is 5.47. The van der Waals surface area contributed by atoms with Crippen LogP contribution < -0.4 is 4.74 Å². The molecule has 0 unspecified atom stereocenters. The quantitative estimate of drug-likeness (QED) is 0.649. The van der Waals surface area contributed by atoms with E-state index in [0.717, 1.165) is 16.7 Å². The van der Waals surface area contributed by atoms with Crippen LogP contribution >= 0.6 is 0 Å². The summed E-state index contributed by atoms with van der Waals surface area (Å²) < 4.78 is 10.9. The molecule has 5 heteroatoms. The van der Waals surface area contributed by atoms with Gasteiger partial charge in [-0.2, -0.15) is 0 Å². The fourth-order valence-corrected chi connectivity index (χ4v) is 3.85. The normalized spacial score (nSPS) is 16.8. The maximum Gasteiger partial charge on any atom is 0.336 e. The SMILES string of the molecule is COc1cccc([C@H]2CC(=O)N(Cc3ccccc3C)C(C)=C2C(=O)OC(C)C)c1. The minimum atomic E-state index is -0.377. The molecular weight excluding hydrogens is 378 g/mol. The van der Waals surface area contributed by atoms with Crippen LogP contribution in [0.15, 0.2) is 59.8 Å². The Morgan fingerprint density at radius 1 is 1.13 bits per heavy atom. The van der Waals surface area contributed by atoms with Crippen LogP contribution in [0.4, 0.5) is 0 Å². The van der Waals surface area contributed by atoms with Crippen LogP contribution in [-0.4, -0.2) is 30.0 Å². The van der Waals surface area contributed by atoms with Gasteiger partial charge in [-0.3, -0.25) is 4.79 Å². The van der Waals surface area contributed by atoms with E-state index in [4.69, 9.17) is 9.47 Å². The number of aryl methyl sites for hydroxylation is 1. The molecule has 0 spiro atoms. The highest BCUT2D eigenvalue weighted by Gasteiger charge is 2.37. The number of esters is 1. The molecule has 1 heterocycles. The summed E-state index contributed by atoms with van der Waals surface area (Å²) in [5.74, 6) is -0.0641. The van der Waals surface area contributed by atoms with E-state index in [2.05, 4.69) is 0 Å². The number of benzene rings is 2. The monoisotopic (exact) mass is 407 g/mol. The van der Waals surface area contributed by atoms with Crippen molar-refractivity contribution in [1.29, 1.82) is 0 Å².